The maximum absolute atomic E-state index is 11.9. The van der Waals surface area contributed by atoms with Crippen LogP contribution in [-0.4, -0.2) is 23.3 Å². The highest BCUT2D eigenvalue weighted by molar-refractivity contribution is 5.79. The lowest BCUT2D eigenvalue weighted by Gasteiger charge is -2.13. The molecule has 0 aliphatic carbocycles. The largest absolute Gasteiger partial charge is 0.383 e. The van der Waals surface area contributed by atoms with E-state index in [1.165, 1.54) is 0 Å². The maximum atomic E-state index is 11.9. The summed E-state index contributed by atoms with van der Waals surface area (Å²) in [5.41, 5.74) is 1.56. The summed E-state index contributed by atoms with van der Waals surface area (Å²) in [6.07, 6.45) is 1.93. The summed E-state index contributed by atoms with van der Waals surface area (Å²) in [6.45, 7) is 4.51. The number of aromatic nitrogens is 2. The van der Waals surface area contributed by atoms with Crippen molar-refractivity contribution in [3.8, 4) is 0 Å². The van der Waals surface area contributed by atoms with Crippen molar-refractivity contribution in [1.29, 1.82) is 0 Å². The summed E-state index contributed by atoms with van der Waals surface area (Å²) >= 11 is 0. The molecule has 0 aliphatic heterocycles. The van der Waals surface area contributed by atoms with E-state index >= 15 is 0 Å². The molecule has 86 valence electrons. The number of nitrogens with zero attached hydrogens (tertiary/aromatic N) is 1. The first kappa shape index (κ1) is 11.0. The van der Waals surface area contributed by atoms with E-state index in [0.29, 0.717) is 6.61 Å². The summed E-state index contributed by atoms with van der Waals surface area (Å²) in [5, 5.41) is 0.976. The summed E-state index contributed by atoms with van der Waals surface area (Å²) in [6, 6.07) is 4.10. The number of pyridine rings is 1. The van der Waals surface area contributed by atoms with E-state index in [0.717, 1.165) is 16.6 Å². The minimum absolute atomic E-state index is 0.0389. The lowest BCUT2D eigenvalue weighted by Crippen LogP contribution is -2.16. The Morgan fingerprint density at radius 3 is 3.00 bits per heavy atom. The molecule has 4 heteroatoms. The zero-order valence-corrected chi connectivity index (χ0v) is 9.78. The van der Waals surface area contributed by atoms with Crippen molar-refractivity contribution in [3.63, 3.8) is 0 Å². The molecule has 1 atom stereocenters. The second-order valence-electron chi connectivity index (χ2n) is 4.11. The van der Waals surface area contributed by atoms with Crippen molar-refractivity contribution in [2.24, 2.45) is 0 Å². The van der Waals surface area contributed by atoms with Crippen molar-refractivity contribution < 1.29 is 4.74 Å². The molecule has 0 saturated carbocycles. The zero-order chi connectivity index (χ0) is 11.7. The molecular weight excluding hydrogens is 204 g/mol. The van der Waals surface area contributed by atoms with E-state index in [1.807, 2.05) is 36.7 Å². The van der Waals surface area contributed by atoms with E-state index in [-0.39, 0.29) is 11.6 Å². The van der Waals surface area contributed by atoms with Gasteiger partial charge in [0.1, 0.15) is 5.52 Å². The van der Waals surface area contributed by atoms with E-state index in [2.05, 4.69) is 4.98 Å². The van der Waals surface area contributed by atoms with Crippen molar-refractivity contribution in [2.45, 2.75) is 19.9 Å². The van der Waals surface area contributed by atoms with Gasteiger partial charge in [-0.1, -0.05) is 0 Å². The SMILES string of the molecule is COCC(C)n1ccc2cc(C)[nH]c(=O)c21. The van der Waals surface area contributed by atoms with Gasteiger partial charge in [0.25, 0.3) is 5.56 Å². The molecule has 1 N–H and O–H groups in total. The van der Waals surface area contributed by atoms with Crippen LogP contribution in [0.25, 0.3) is 10.9 Å². The van der Waals surface area contributed by atoms with Crippen LogP contribution in [0.15, 0.2) is 23.1 Å². The third-order valence-corrected chi connectivity index (χ3v) is 2.73. The summed E-state index contributed by atoms with van der Waals surface area (Å²) in [5.74, 6) is 0. The van der Waals surface area contributed by atoms with Gasteiger partial charge in [0.2, 0.25) is 0 Å². The Bertz CT molecular complexity index is 554. The van der Waals surface area contributed by atoms with Gasteiger partial charge in [-0.15, -0.1) is 0 Å². The molecule has 2 aromatic rings. The standard InChI is InChI=1S/C12H16N2O2/c1-8-6-10-4-5-14(9(2)7-16-3)11(10)12(15)13-8/h4-6,9H,7H2,1-3H3,(H,13,15). The van der Waals surface area contributed by atoms with Crippen LogP contribution >= 0.6 is 0 Å². The quantitative estimate of drug-likeness (QED) is 0.858. The monoisotopic (exact) mass is 220 g/mol. The Morgan fingerprint density at radius 2 is 2.31 bits per heavy atom. The fourth-order valence-corrected chi connectivity index (χ4v) is 2.02. The average Bonchev–Trinajstić information content (AvgIpc) is 2.61. The molecule has 0 spiro atoms. The number of rotatable bonds is 3. The van der Waals surface area contributed by atoms with E-state index in [9.17, 15) is 4.79 Å². The first-order chi connectivity index (χ1) is 7.63. The molecule has 2 aromatic heterocycles. The molecule has 0 aromatic carbocycles. The van der Waals surface area contributed by atoms with Crippen LogP contribution in [0.3, 0.4) is 0 Å². The molecule has 0 amide bonds. The first-order valence-electron chi connectivity index (χ1n) is 5.33. The number of hydrogen-bond donors (Lipinski definition) is 1. The Morgan fingerprint density at radius 1 is 1.56 bits per heavy atom. The lowest BCUT2D eigenvalue weighted by molar-refractivity contribution is 0.164. The topological polar surface area (TPSA) is 47.0 Å². The molecule has 0 saturated heterocycles. The van der Waals surface area contributed by atoms with Gasteiger partial charge in [-0.25, -0.2) is 0 Å². The second kappa shape index (κ2) is 4.14. The molecule has 2 heterocycles. The highest BCUT2D eigenvalue weighted by atomic mass is 16.5. The predicted octanol–water partition coefficient (Wildman–Crippen LogP) is 1.85. The minimum Gasteiger partial charge on any atom is -0.383 e. The number of methoxy groups -OCH3 is 1. The summed E-state index contributed by atoms with van der Waals surface area (Å²) in [4.78, 5) is 14.7. The van der Waals surface area contributed by atoms with Crippen molar-refractivity contribution in [3.05, 3.63) is 34.4 Å². The highest BCUT2D eigenvalue weighted by Crippen LogP contribution is 2.17. The van der Waals surface area contributed by atoms with Gasteiger partial charge in [-0.3, -0.25) is 4.79 Å². The predicted molar refractivity (Wildman–Crippen MR) is 63.9 cm³/mol. The smallest absolute Gasteiger partial charge is 0.272 e. The zero-order valence-electron chi connectivity index (χ0n) is 9.78. The van der Waals surface area contributed by atoms with Gasteiger partial charge in [0.15, 0.2) is 0 Å². The summed E-state index contributed by atoms with van der Waals surface area (Å²) < 4.78 is 7.06. The van der Waals surface area contributed by atoms with Crippen LogP contribution in [0.5, 0.6) is 0 Å². The molecule has 1 unspecified atom stereocenters. The Labute approximate surface area is 93.9 Å². The third kappa shape index (κ3) is 1.76. The molecule has 0 aliphatic rings. The van der Waals surface area contributed by atoms with Crippen LogP contribution in [-0.2, 0) is 4.74 Å². The minimum atomic E-state index is -0.0389. The van der Waals surface area contributed by atoms with Crippen LogP contribution in [0.2, 0.25) is 0 Å². The molecule has 0 fully saturated rings. The van der Waals surface area contributed by atoms with Gasteiger partial charge in [0.05, 0.1) is 12.6 Å². The molecule has 2 rings (SSSR count). The number of fused-ring (bicyclic) bond motifs is 1. The normalized spacial score (nSPS) is 13.2. The third-order valence-electron chi connectivity index (χ3n) is 2.73. The van der Waals surface area contributed by atoms with E-state index in [4.69, 9.17) is 4.74 Å². The molecule has 16 heavy (non-hydrogen) atoms. The lowest BCUT2D eigenvalue weighted by atomic mass is 10.2. The Kier molecular flexibility index (Phi) is 2.83. The van der Waals surface area contributed by atoms with Crippen LogP contribution in [0, 0.1) is 6.92 Å². The van der Waals surface area contributed by atoms with Crippen molar-refractivity contribution in [1.82, 2.24) is 9.55 Å². The van der Waals surface area contributed by atoms with E-state index < -0.39 is 0 Å². The first-order valence-corrected chi connectivity index (χ1v) is 5.33. The van der Waals surface area contributed by atoms with Gasteiger partial charge in [0, 0.05) is 24.4 Å². The maximum Gasteiger partial charge on any atom is 0.272 e. The van der Waals surface area contributed by atoms with Crippen LogP contribution < -0.4 is 5.56 Å². The van der Waals surface area contributed by atoms with E-state index in [1.54, 1.807) is 7.11 Å². The second-order valence-corrected chi connectivity index (χ2v) is 4.11. The van der Waals surface area contributed by atoms with Gasteiger partial charge >= 0.3 is 0 Å². The Balaban J connectivity index is 2.60. The fourth-order valence-electron chi connectivity index (χ4n) is 2.02. The van der Waals surface area contributed by atoms with Crippen molar-refractivity contribution >= 4 is 10.9 Å². The molecule has 0 radical (unpaired) electrons. The molecular formula is C12H16N2O2. The number of nitrogens with one attached hydrogen (secondary N) is 1. The number of aromatic amines is 1. The van der Waals surface area contributed by atoms with Gasteiger partial charge in [-0.2, -0.15) is 0 Å². The van der Waals surface area contributed by atoms with Crippen LogP contribution in [0.4, 0.5) is 0 Å². The van der Waals surface area contributed by atoms with Gasteiger partial charge in [-0.05, 0) is 26.0 Å². The molecule has 4 nitrogen and oxygen atoms in total. The fraction of sp³-hybridized carbons (Fsp3) is 0.417. The average molecular weight is 220 g/mol. The number of H-pyrrole nitrogens is 1. The number of ether oxygens (including phenoxy) is 1. The molecule has 0 bridgehead atoms. The van der Waals surface area contributed by atoms with Gasteiger partial charge < -0.3 is 14.3 Å². The summed E-state index contributed by atoms with van der Waals surface area (Å²) in [7, 11) is 1.66. The van der Waals surface area contributed by atoms with Crippen molar-refractivity contribution in [2.75, 3.05) is 13.7 Å². The Hall–Kier alpha value is -1.55. The number of hydrogen-bond acceptors (Lipinski definition) is 2. The number of aryl methyl sites for hydroxylation is 1. The van der Waals surface area contributed by atoms with Crippen LogP contribution in [0.1, 0.15) is 18.7 Å². The highest BCUT2D eigenvalue weighted by Gasteiger charge is 2.11.